The number of carbonyl (C=O) groups is 2. The van der Waals surface area contributed by atoms with E-state index in [1.165, 1.54) is 0 Å². The Bertz CT molecular complexity index is 892. The lowest BCUT2D eigenvalue weighted by molar-refractivity contribution is -0.117. The van der Waals surface area contributed by atoms with Gasteiger partial charge in [-0.25, -0.2) is 4.79 Å². The molecule has 0 aliphatic carbocycles. The predicted molar refractivity (Wildman–Crippen MR) is 113 cm³/mol. The molecule has 1 aliphatic rings. The molecule has 0 aromatic heterocycles. The Morgan fingerprint density at radius 2 is 1.83 bits per heavy atom. The fraction of sp³-hybridized carbons (Fsp3) is 0.391. The van der Waals surface area contributed by atoms with Gasteiger partial charge in [0.15, 0.2) is 0 Å². The van der Waals surface area contributed by atoms with Crippen LogP contribution < -0.4 is 10.2 Å². The quantitative estimate of drug-likeness (QED) is 0.813. The van der Waals surface area contributed by atoms with E-state index in [9.17, 15) is 14.7 Å². The molecular weight excluding hydrogens is 368 g/mol. The number of rotatable bonds is 4. The fourth-order valence-corrected chi connectivity index (χ4v) is 3.85. The molecule has 2 aromatic carbocycles. The largest absolute Gasteiger partial charge is 0.447 e. The van der Waals surface area contributed by atoms with Crippen molar-refractivity contribution in [2.24, 2.45) is 0 Å². The molecule has 0 fully saturated rings. The van der Waals surface area contributed by atoms with Gasteiger partial charge < -0.3 is 20.1 Å². The van der Waals surface area contributed by atoms with Gasteiger partial charge in [0.2, 0.25) is 5.91 Å². The van der Waals surface area contributed by atoms with E-state index in [0.717, 1.165) is 27.9 Å². The highest BCUT2D eigenvalue weighted by molar-refractivity contribution is 5.94. The van der Waals surface area contributed by atoms with Crippen molar-refractivity contribution in [1.82, 2.24) is 5.32 Å². The maximum absolute atomic E-state index is 12.3. The van der Waals surface area contributed by atoms with Gasteiger partial charge in [0.05, 0.1) is 18.8 Å². The number of benzene rings is 2. The summed E-state index contributed by atoms with van der Waals surface area (Å²) in [6.45, 7) is 7.15. The number of ether oxygens (including phenoxy) is 1. The molecular formula is C23H28N2O4. The van der Waals surface area contributed by atoms with Gasteiger partial charge in [0.1, 0.15) is 0 Å². The van der Waals surface area contributed by atoms with Crippen molar-refractivity contribution in [2.75, 3.05) is 4.90 Å². The molecule has 3 rings (SSSR count). The topological polar surface area (TPSA) is 78.9 Å². The minimum absolute atomic E-state index is 0.000114. The zero-order valence-electron chi connectivity index (χ0n) is 17.3. The number of amides is 2. The van der Waals surface area contributed by atoms with Crippen molar-refractivity contribution in [1.29, 1.82) is 0 Å². The Morgan fingerprint density at radius 3 is 2.41 bits per heavy atom. The van der Waals surface area contributed by atoms with E-state index in [1.54, 1.807) is 11.8 Å². The smallest absolute Gasteiger partial charge is 0.407 e. The summed E-state index contributed by atoms with van der Waals surface area (Å²) in [5, 5.41) is 12.2. The summed E-state index contributed by atoms with van der Waals surface area (Å²) in [4.78, 5) is 26.3. The Hall–Kier alpha value is -2.86. The third-order valence-corrected chi connectivity index (χ3v) is 5.12. The van der Waals surface area contributed by atoms with Gasteiger partial charge in [0.25, 0.3) is 0 Å². The molecule has 2 aromatic rings. The van der Waals surface area contributed by atoms with Crippen molar-refractivity contribution in [3.63, 3.8) is 0 Å². The van der Waals surface area contributed by atoms with Crippen molar-refractivity contribution < 1.29 is 19.4 Å². The number of nitrogens with one attached hydrogen (secondary N) is 1. The van der Waals surface area contributed by atoms with Crippen molar-refractivity contribution in [3.8, 4) is 11.1 Å². The standard InChI is InChI=1S/C23H28N2O4/c1-14(2)29-23(28)24-21-11-15(3)25(16(4)27)22-10-9-19(12-20(21)22)18-7-5-17(13-26)6-8-18/h5-10,12,14-15,21,26H,11,13H2,1-4H3,(H,24,28)/t15-,21+/m1/s1. The number of carbonyl (C=O) groups excluding carboxylic acids is 2. The van der Waals surface area contributed by atoms with Crippen LogP contribution in [0.3, 0.4) is 0 Å². The third kappa shape index (κ3) is 4.59. The second kappa shape index (κ2) is 8.66. The zero-order valence-corrected chi connectivity index (χ0v) is 17.3. The highest BCUT2D eigenvalue weighted by Crippen LogP contribution is 2.39. The second-order valence-corrected chi connectivity index (χ2v) is 7.75. The van der Waals surface area contributed by atoms with Crippen LogP contribution in [0.1, 0.15) is 51.3 Å². The average Bonchev–Trinajstić information content (AvgIpc) is 2.67. The van der Waals surface area contributed by atoms with Crippen LogP contribution >= 0.6 is 0 Å². The van der Waals surface area contributed by atoms with E-state index in [2.05, 4.69) is 5.32 Å². The van der Waals surface area contributed by atoms with Gasteiger partial charge >= 0.3 is 6.09 Å². The monoisotopic (exact) mass is 396 g/mol. The van der Waals surface area contributed by atoms with E-state index < -0.39 is 6.09 Å². The van der Waals surface area contributed by atoms with E-state index in [-0.39, 0.29) is 30.7 Å². The number of alkyl carbamates (subject to hydrolysis) is 1. The van der Waals surface area contributed by atoms with Gasteiger partial charge in [0, 0.05) is 18.7 Å². The van der Waals surface area contributed by atoms with Crippen LogP contribution in [0.15, 0.2) is 42.5 Å². The molecule has 6 nitrogen and oxygen atoms in total. The number of aliphatic hydroxyl groups is 1. The highest BCUT2D eigenvalue weighted by atomic mass is 16.6. The molecule has 0 saturated heterocycles. The van der Waals surface area contributed by atoms with Crippen molar-refractivity contribution in [3.05, 3.63) is 53.6 Å². The summed E-state index contributed by atoms with van der Waals surface area (Å²) < 4.78 is 5.26. The molecule has 0 radical (unpaired) electrons. The Labute approximate surface area is 171 Å². The first-order valence-electron chi connectivity index (χ1n) is 9.91. The minimum atomic E-state index is -0.461. The minimum Gasteiger partial charge on any atom is -0.447 e. The lowest BCUT2D eigenvalue weighted by atomic mass is 9.89. The number of hydrogen-bond acceptors (Lipinski definition) is 4. The van der Waals surface area contributed by atoms with Crippen LogP contribution in [0.2, 0.25) is 0 Å². The molecule has 2 N–H and O–H groups in total. The van der Waals surface area contributed by atoms with Crippen molar-refractivity contribution >= 4 is 17.7 Å². The van der Waals surface area contributed by atoms with E-state index in [4.69, 9.17) is 4.74 Å². The molecule has 2 atom stereocenters. The molecule has 1 heterocycles. The lowest BCUT2D eigenvalue weighted by Gasteiger charge is -2.39. The Kier molecular flexibility index (Phi) is 6.23. The summed E-state index contributed by atoms with van der Waals surface area (Å²) in [6.07, 6.45) is -0.0649. The molecule has 0 spiro atoms. The lowest BCUT2D eigenvalue weighted by Crippen LogP contribution is -2.45. The summed E-state index contributed by atoms with van der Waals surface area (Å²) in [5.41, 5.74) is 4.53. The highest BCUT2D eigenvalue weighted by Gasteiger charge is 2.33. The fourth-order valence-electron chi connectivity index (χ4n) is 3.85. The van der Waals surface area contributed by atoms with E-state index in [1.807, 2.05) is 63.2 Å². The summed E-state index contributed by atoms with van der Waals surface area (Å²) >= 11 is 0. The Morgan fingerprint density at radius 1 is 1.17 bits per heavy atom. The molecule has 6 heteroatoms. The summed E-state index contributed by atoms with van der Waals surface area (Å²) in [6, 6.07) is 13.3. The van der Waals surface area contributed by atoms with E-state index >= 15 is 0 Å². The molecule has 2 amide bonds. The van der Waals surface area contributed by atoms with Crippen molar-refractivity contribution in [2.45, 2.75) is 58.9 Å². The number of hydrogen-bond donors (Lipinski definition) is 2. The van der Waals surface area contributed by atoms with Crippen LogP contribution in [0.4, 0.5) is 10.5 Å². The predicted octanol–water partition coefficient (Wildman–Crippen LogP) is 4.17. The summed E-state index contributed by atoms with van der Waals surface area (Å²) in [7, 11) is 0. The van der Waals surface area contributed by atoms with Crippen LogP contribution in [0.25, 0.3) is 11.1 Å². The summed E-state index contributed by atoms with van der Waals surface area (Å²) in [5.74, 6) is -0.0259. The van der Waals surface area contributed by atoms with Gasteiger partial charge in [-0.05, 0) is 61.6 Å². The number of anilines is 1. The van der Waals surface area contributed by atoms with Gasteiger partial charge in [-0.15, -0.1) is 0 Å². The van der Waals surface area contributed by atoms with E-state index in [0.29, 0.717) is 6.42 Å². The molecule has 1 aliphatic heterocycles. The van der Waals surface area contributed by atoms with Gasteiger partial charge in [-0.1, -0.05) is 30.3 Å². The molecule has 0 unspecified atom stereocenters. The normalized spacial score (nSPS) is 18.3. The Balaban J connectivity index is 2.00. The second-order valence-electron chi connectivity index (χ2n) is 7.75. The maximum atomic E-state index is 12.3. The van der Waals surface area contributed by atoms with Crippen LogP contribution in [0.5, 0.6) is 0 Å². The number of fused-ring (bicyclic) bond motifs is 1. The average molecular weight is 396 g/mol. The molecule has 0 saturated carbocycles. The SMILES string of the molecule is CC(=O)N1c2ccc(-c3ccc(CO)cc3)cc2[C@@H](NC(=O)OC(C)C)C[C@H]1C. The van der Waals surface area contributed by atoms with Crippen LogP contribution in [-0.4, -0.2) is 29.3 Å². The van der Waals surface area contributed by atoms with Crippen LogP contribution in [-0.2, 0) is 16.1 Å². The first-order valence-corrected chi connectivity index (χ1v) is 9.91. The van der Waals surface area contributed by atoms with Crippen LogP contribution in [0, 0.1) is 0 Å². The molecule has 29 heavy (non-hydrogen) atoms. The first-order chi connectivity index (χ1) is 13.8. The number of nitrogens with zero attached hydrogens (tertiary/aromatic N) is 1. The third-order valence-electron chi connectivity index (χ3n) is 5.12. The first kappa shape index (κ1) is 20.9. The maximum Gasteiger partial charge on any atom is 0.407 e. The molecule has 0 bridgehead atoms. The zero-order chi connectivity index (χ0) is 21.1. The van der Waals surface area contributed by atoms with Gasteiger partial charge in [-0.3, -0.25) is 4.79 Å². The van der Waals surface area contributed by atoms with Gasteiger partial charge in [-0.2, -0.15) is 0 Å². The molecule has 154 valence electrons. The number of aliphatic hydroxyl groups excluding tert-OH is 1.